The van der Waals surface area contributed by atoms with Crippen LogP contribution in [0.2, 0.25) is 0 Å². The maximum atomic E-state index is 12.1. The highest BCUT2D eigenvalue weighted by atomic mass is 16.5. The molecular formula is C13H22N8O2. The van der Waals surface area contributed by atoms with Crippen LogP contribution in [0.3, 0.4) is 0 Å². The minimum atomic E-state index is -0.421. The van der Waals surface area contributed by atoms with Crippen LogP contribution < -0.4 is 27.5 Å². The van der Waals surface area contributed by atoms with Crippen LogP contribution in [-0.2, 0) is 9.53 Å². The van der Waals surface area contributed by atoms with Gasteiger partial charge in [0.1, 0.15) is 11.5 Å². The highest BCUT2D eigenvalue weighted by molar-refractivity contribution is 6.17. The molecule has 2 heterocycles. The Balaban J connectivity index is 1.97. The first kappa shape index (κ1) is 16.9. The van der Waals surface area contributed by atoms with E-state index in [4.69, 9.17) is 16.3 Å². The van der Waals surface area contributed by atoms with E-state index >= 15 is 0 Å². The summed E-state index contributed by atoms with van der Waals surface area (Å²) in [7, 11) is 0. The fraction of sp³-hybridized carbons (Fsp3) is 0.462. The van der Waals surface area contributed by atoms with Crippen molar-refractivity contribution >= 4 is 18.3 Å². The quantitative estimate of drug-likeness (QED) is 0.164. The van der Waals surface area contributed by atoms with Crippen LogP contribution in [-0.4, -0.2) is 62.4 Å². The normalized spacial score (nSPS) is 23.7. The third-order valence-corrected chi connectivity index (χ3v) is 3.36. The minimum Gasteiger partial charge on any atom is -0.403 e. The standard InChI is InChI=1S/C13H22N8O2/c14-8-10(16-1-2-19-15)13(22)20-11-7-12(18-9-17-11)21-3-5-23-6-4-21/h1-2,7-8,12,17-18H,3-6,9,14-15H2,(H,20,22). The lowest BCUT2D eigenvalue weighted by Crippen LogP contribution is -2.55. The number of ether oxygens (including phenoxy) is 1. The molecule has 23 heavy (non-hydrogen) atoms. The molecule has 2 aliphatic rings. The van der Waals surface area contributed by atoms with E-state index in [1.807, 2.05) is 6.08 Å². The summed E-state index contributed by atoms with van der Waals surface area (Å²) in [5.41, 5.74) is 5.48. The second-order valence-electron chi connectivity index (χ2n) is 4.81. The van der Waals surface area contributed by atoms with Crippen molar-refractivity contribution in [1.82, 2.24) is 20.9 Å². The van der Waals surface area contributed by atoms with Crippen molar-refractivity contribution in [3.63, 3.8) is 0 Å². The van der Waals surface area contributed by atoms with Gasteiger partial charge in [0, 0.05) is 25.5 Å². The van der Waals surface area contributed by atoms with Crippen LogP contribution in [0.1, 0.15) is 0 Å². The van der Waals surface area contributed by atoms with Gasteiger partial charge in [0.2, 0.25) is 0 Å². The Bertz CT molecular complexity index is 522. The molecule has 2 rings (SSSR count). The summed E-state index contributed by atoms with van der Waals surface area (Å²) in [5, 5.41) is 12.4. The van der Waals surface area contributed by atoms with E-state index in [9.17, 15) is 4.79 Å². The van der Waals surface area contributed by atoms with Crippen LogP contribution in [0.5, 0.6) is 0 Å². The number of carbonyl (C=O) groups excluding carboxylic acids is 1. The van der Waals surface area contributed by atoms with Gasteiger partial charge in [0.05, 0.1) is 32.3 Å². The fourth-order valence-corrected chi connectivity index (χ4v) is 2.22. The predicted octanol–water partition coefficient (Wildman–Crippen LogP) is -2.43. The summed E-state index contributed by atoms with van der Waals surface area (Å²) in [6, 6.07) is 0. The van der Waals surface area contributed by atoms with E-state index in [1.165, 1.54) is 12.4 Å². The SMILES string of the molecule is NC=C(N=CC=NN)C(=O)NC1=CC(N2CCOCC2)NCN1. The van der Waals surface area contributed by atoms with E-state index in [0.717, 1.165) is 19.3 Å². The van der Waals surface area contributed by atoms with Gasteiger partial charge in [-0.15, -0.1) is 0 Å². The molecule has 1 fully saturated rings. The van der Waals surface area contributed by atoms with Crippen molar-refractivity contribution in [1.29, 1.82) is 0 Å². The average Bonchev–Trinajstić information content (AvgIpc) is 2.60. The summed E-state index contributed by atoms with van der Waals surface area (Å²) in [4.78, 5) is 18.3. The Morgan fingerprint density at radius 3 is 2.91 bits per heavy atom. The van der Waals surface area contributed by atoms with Crippen LogP contribution >= 0.6 is 0 Å². The topological polar surface area (TPSA) is 142 Å². The van der Waals surface area contributed by atoms with Crippen LogP contribution in [0.4, 0.5) is 0 Å². The average molecular weight is 322 g/mol. The molecule has 10 heteroatoms. The van der Waals surface area contributed by atoms with Gasteiger partial charge in [-0.05, 0) is 6.08 Å². The summed E-state index contributed by atoms with van der Waals surface area (Å²) >= 11 is 0. The zero-order valence-electron chi connectivity index (χ0n) is 12.7. The van der Waals surface area contributed by atoms with Crippen molar-refractivity contribution < 1.29 is 9.53 Å². The number of hydrazone groups is 1. The number of rotatable bonds is 5. The molecule has 0 spiro atoms. The summed E-state index contributed by atoms with van der Waals surface area (Å²) in [5.74, 6) is 5.14. The zero-order chi connectivity index (χ0) is 16.5. The fourth-order valence-electron chi connectivity index (χ4n) is 2.22. The molecule has 126 valence electrons. The van der Waals surface area contributed by atoms with E-state index < -0.39 is 5.91 Å². The highest BCUT2D eigenvalue weighted by Crippen LogP contribution is 2.07. The van der Waals surface area contributed by atoms with E-state index in [2.05, 4.69) is 30.9 Å². The van der Waals surface area contributed by atoms with E-state index in [1.54, 1.807) is 0 Å². The Morgan fingerprint density at radius 2 is 2.22 bits per heavy atom. The van der Waals surface area contributed by atoms with Crippen molar-refractivity contribution in [2.45, 2.75) is 6.17 Å². The maximum Gasteiger partial charge on any atom is 0.276 e. The number of nitrogens with two attached hydrogens (primary N) is 2. The number of morpholine rings is 1. The van der Waals surface area contributed by atoms with Gasteiger partial charge < -0.3 is 26.9 Å². The molecule has 7 N–H and O–H groups in total. The number of amides is 1. The van der Waals surface area contributed by atoms with Gasteiger partial charge >= 0.3 is 0 Å². The predicted molar refractivity (Wildman–Crippen MR) is 87.0 cm³/mol. The molecule has 0 bridgehead atoms. The number of hydrogen-bond acceptors (Lipinski definition) is 9. The first-order valence-corrected chi connectivity index (χ1v) is 7.24. The molecule has 0 aromatic heterocycles. The van der Waals surface area contributed by atoms with Crippen molar-refractivity contribution in [2.24, 2.45) is 21.7 Å². The third kappa shape index (κ3) is 5.06. The van der Waals surface area contributed by atoms with Gasteiger partial charge in [-0.1, -0.05) is 0 Å². The largest absolute Gasteiger partial charge is 0.403 e. The molecule has 1 saturated heterocycles. The first-order chi connectivity index (χ1) is 11.2. The van der Waals surface area contributed by atoms with E-state index in [-0.39, 0.29) is 11.9 Å². The molecule has 0 aliphatic carbocycles. The van der Waals surface area contributed by atoms with Crippen molar-refractivity contribution in [2.75, 3.05) is 33.0 Å². The number of hydrogen-bond donors (Lipinski definition) is 5. The lowest BCUT2D eigenvalue weighted by Gasteiger charge is -2.36. The lowest BCUT2D eigenvalue weighted by molar-refractivity contribution is -0.117. The zero-order valence-corrected chi connectivity index (χ0v) is 12.7. The van der Waals surface area contributed by atoms with Crippen LogP contribution in [0.25, 0.3) is 0 Å². The van der Waals surface area contributed by atoms with Crippen molar-refractivity contribution in [3.05, 3.63) is 23.8 Å². The second kappa shape index (κ2) is 8.88. The Morgan fingerprint density at radius 1 is 1.43 bits per heavy atom. The molecular weight excluding hydrogens is 300 g/mol. The summed E-state index contributed by atoms with van der Waals surface area (Å²) in [6.07, 6.45) is 5.61. The summed E-state index contributed by atoms with van der Waals surface area (Å²) < 4.78 is 5.34. The second-order valence-corrected chi connectivity index (χ2v) is 4.81. The Kier molecular flexibility index (Phi) is 6.54. The van der Waals surface area contributed by atoms with Crippen molar-refractivity contribution in [3.8, 4) is 0 Å². The number of aliphatic imine (C=N–C) groups is 1. The van der Waals surface area contributed by atoms with Crippen LogP contribution in [0.15, 0.2) is 33.9 Å². The lowest BCUT2D eigenvalue weighted by atomic mass is 10.3. The molecule has 1 atom stereocenters. The molecule has 0 aromatic carbocycles. The van der Waals surface area contributed by atoms with E-state index in [0.29, 0.717) is 25.7 Å². The minimum absolute atomic E-state index is 0.0358. The smallest absolute Gasteiger partial charge is 0.276 e. The Labute approximate surface area is 134 Å². The molecule has 0 saturated carbocycles. The van der Waals surface area contributed by atoms with Crippen LogP contribution in [0, 0.1) is 0 Å². The highest BCUT2D eigenvalue weighted by Gasteiger charge is 2.22. The first-order valence-electron chi connectivity index (χ1n) is 7.24. The van der Waals surface area contributed by atoms with Gasteiger partial charge in [0.25, 0.3) is 5.91 Å². The number of nitrogens with one attached hydrogen (secondary N) is 3. The van der Waals surface area contributed by atoms with Gasteiger partial charge in [-0.25, -0.2) is 4.99 Å². The Hall–Kier alpha value is -2.43. The third-order valence-electron chi connectivity index (χ3n) is 3.36. The molecule has 1 unspecified atom stereocenters. The molecule has 10 nitrogen and oxygen atoms in total. The maximum absolute atomic E-state index is 12.1. The van der Waals surface area contributed by atoms with Gasteiger partial charge in [-0.3, -0.25) is 15.0 Å². The summed E-state index contributed by atoms with van der Waals surface area (Å²) in [6.45, 7) is 3.63. The molecule has 0 aromatic rings. The number of nitrogens with zero attached hydrogens (tertiary/aromatic N) is 3. The monoisotopic (exact) mass is 322 g/mol. The molecule has 1 amide bonds. The van der Waals surface area contributed by atoms with Gasteiger partial charge in [0.15, 0.2) is 0 Å². The molecule has 0 radical (unpaired) electrons. The van der Waals surface area contributed by atoms with Gasteiger partial charge in [-0.2, -0.15) is 5.10 Å². The molecule has 2 aliphatic heterocycles. The number of carbonyl (C=O) groups is 1.